The van der Waals surface area contributed by atoms with E-state index in [0.717, 1.165) is 18.7 Å². The van der Waals surface area contributed by atoms with Crippen LogP contribution in [0.25, 0.3) is 5.76 Å². The van der Waals surface area contributed by atoms with Crippen molar-refractivity contribution in [3.63, 3.8) is 0 Å². The standard InChI is InChI=1S/C27H32N2O6/c1-3-34-21-10-8-19(9-11-21)24-23(25(30)20-6-5-7-22(18-20)35-4-2)26(31)27(32)29(24)13-12-28-14-16-33-17-15-28/h5-11,18,24,30H,3-4,12-17H2,1-2H3/b25-23+. The Hall–Kier alpha value is -3.36. The lowest BCUT2D eigenvalue weighted by molar-refractivity contribution is -0.140. The summed E-state index contributed by atoms with van der Waals surface area (Å²) >= 11 is 0. The van der Waals surface area contributed by atoms with Gasteiger partial charge in [0.2, 0.25) is 0 Å². The summed E-state index contributed by atoms with van der Waals surface area (Å²) in [6.45, 7) is 8.62. The maximum absolute atomic E-state index is 13.2. The molecule has 0 bridgehead atoms. The van der Waals surface area contributed by atoms with E-state index in [-0.39, 0.29) is 11.3 Å². The molecule has 186 valence electrons. The minimum atomic E-state index is -0.706. The highest BCUT2D eigenvalue weighted by Crippen LogP contribution is 2.40. The van der Waals surface area contributed by atoms with Crippen molar-refractivity contribution in [1.82, 2.24) is 9.80 Å². The molecule has 0 aliphatic carbocycles. The molecule has 35 heavy (non-hydrogen) atoms. The van der Waals surface area contributed by atoms with Crippen LogP contribution in [-0.4, -0.2) is 79.2 Å². The minimum Gasteiger partial charge on any atom is -0.507 e. The van der Waals surface area contributed by atoms with Crippen LogP contribution in [0.15, 0.2) is 54.1 Å². The number of ether oxygens (including phenoxy) is 3. The Morgan fingerprint density at radius 2 is 1.66 bits per heavy atom. The molecule has 1 unspecified atom stereocenters. The Bertz CT molecular complexity index is 1080. The SMILES string of the molecule is CCOc1ccc(C2/C(=C(\O)c3cccc(OCC)c3)C(=O)C(=O)N2CCN2CCOCC2)cc1. The van der Waals surface area contributed by atoms with Gasteiger partial charge >= 0.3 is 0 Å². The summed E-state index contributed by atoms with van der Waals surface area (Å²) in [7, 11) is 0. The van der Waals surface area contributed by atoms with Gasteiger partial charge in [0.1, 0.15) is 17.3 Å². The van der Waals surface area contributed by atoms with E-state index in [4.69, 9.17) is 14.2 Å². The molecule has 0 saturated carbocycles. The zero-order valence-electron chi connectivity index (χ0n) is 20.2. The highest BCUT2D eigenvalue weighted by atomic mass is 16.5. The zero-order valence-corrected chi connectivity index (χ0v) is 20.2. The van der Waals surface area contributed by atoms with Crippen molar-refractivity contribution >= 4 is 17.4 Å². The lowest BCUT2D eigenvalue weighted by Crippen LogP contribution is -2.42. The summed E-state index contributed by atoms with van der Waals surface area (Å²) in [4.78, 5) is 30.2. The van der Waals surface area contributed by atoms with Crippen molar-refractivity contribution in [2.45, 2.75) is 19.9 Å². The van der Waals surface area contributed by atoms with Crippen molar-refractivity contribution in [2.75, 3.05) is 52.6 Å². The molecule has 8 heteroatoms. The van der Waals surface area contributed by atoms with Crippen LogP contribution in [0.2, 0.25) is 0 Å². The third-order valence-electron chi connectivity index (χ3n) is 6.23. The summed E-state index contributed by atoms with van der Waals surface area (Å²) in [5.41, 5.74) is 1.24. The van der Waals surface area contributed by atoms with E-state index in [1.165, 1.54) is 0 Å². The number of amides is 1. The fraction of sp³-hybridized carbons (Fsp3) is 0.407. The van der Waals surface area contributed by atoms with E-state index in [1.54, 1.807) is 29.2 Å². The molecule has 1 atom stereocenters. The fourth-order valence-electron chi connectivity index (χ4n) is 4.50. The third kappa shape index (κ3) is 5.49. The first kappa shape index (κ1) is 24.8. The van der Waals surface area contributed by atoms with E-state index < -0.39 is 17.7 Å². The number of carbonyl (C=O) groups excluding carboxylic acids is 2. The lowest BCUT2D eigenvalue weighted by atomic mass is 9.95. The summed E-state index contributed by atoms with van der Waals surface area (Å²) in [5, 5.41) is 11.3. The Balaban J connectivity index is 1.72. The number of benzene rings is 2. The Morgan fingerprint density at radius 1 is 0.971 bits per heavy atom. The topological polar surface area (TPSA) is 88.5 Å². The van der Waals surface area contributed by atoms with Crippen LogP contribution < -0.4 is 9.47 Å². The number of rotatable bonds is 9. The first-order valence-corrected chi connectivity index (χ1v) is 12.1. The van der Waals surface area contributed by atoms with Gasteiger partial charge in [0, 0.05) is 31.7 Å². The zero-order chi connectivity index (χ0) is 24.8. The number of ketones is 1. The predicted octanol–water partition coefficient (Wildman–Crippen LogP) is 3.24. The monoisotopic (exact) mass is 480 g/mol. The number of likely N-dealkylation sites (tertiary alicyclic amines) is 1. The second-order valence-corrected chi connectivity index (χ2v) is 8.41. The van der Waals surface area contributed by atoms with Gasteiger partial charge in [-0.05, 0) is 43.7 Å². The molecule has 8 nitrogen and oxygen atoms in total. The molecule has 2 aromatic carbocycles. The second-order valence-electron chi connectivity index (χ2n) is 8.41. The Labute approximate surface area is 205 Å². The van der Waals surface area contributed by atoms with E-state index in [2.05, 4.69) is 4.90 Å². The molecule has 2 aliphatic rings. The van der Waals surface area contributed by atoms with Gasteiger partial charge in [0.25, 0.3) is 11.7 Å². The average molecular weight is 481 g/mol. The van der Waals surface area contributed by atoms with Crippen LogP contribution in [0.5, 0.6) is 11.5 Å². The maximum atomic E-state index is 13.2. The molecule has 2 saturated heterocycles. The first-order valence-electron chi connectivity index (χ1n) is 12.1. The van der Waals surface area contributed by atoms with Crippen LogP contribution >= 0.6 is 0 Å². The molecular formula is C27H32N2O6. The first-order chi connectivity index (χ1) is 17.0. The summed E-state index contributed by atoms with van der Waals surface area (Å²) in [6.07, 6.45) is 0. The van der Waals surface area contributed by atoms with Crippen LogP contribution in [0.1, 0.15) is 31.0 Å². The highest BCUT2D eigenvalue weighted by Gasteiger charge is 2.46. The van der Waals surface area contributed by atoms with Crippen molar-refractivity contribution in [2.24, 2.45) is 0 Å². The number of hydrogen-bond donors (Lipinski definition) is 1. The van der Waals surface area contributed by atoms with Crippen molar-refractivity contribution in [3.05, 3.63) is 65.2 Å². The van der Waals surface area contributed by atoms with E-state index in [9.17, 15) is 14.7 Å². The van der Waals surface area contributed by atoms with Gasteiger partial charge in [0.15, 0.2) is 0 Å². The van der Waals surface area contributed by atoms with Gasteiger partial charge in [-0.2, -0.15) is 0 Å². The molecule has 0 aromatic heterocycles. The minimum absolute atomic E-state index is 0.0785. The number of Topliss-reactive ketones (excluding diaryl/α,β-unsaturated/α-hetero) is 1. The molecule has 0 spiro atoms. The summed E-state index contributed by atoms with van der Waals surface area (Å²) in [5.74, 6) is -0.232. The van der Waals surface area contributed by atoms with Gasteiger partial charge in [-0.25, -0.2) is 0 Å². The average Bonchev–Trinajstić information content (AvgIpc) is 3.13. The molecule has 2 heterocycles. The molecule has 2 aliphatic heterocycles. The highest BCUT2D eigenvalue weighted by molar-refractivity contribution is 6.46. The quantitative estimate of drug-likeness (QED) is 0.335. The molecule has 2 fully saturated rings. The van der Waals surface area contributed by atoms with Gasteiger partial charge in [-0.3, -0.25) is 14.5 Å². The van der Waals surface area contributed by atoms with Crippen LogP contribution in [-0.2, 0) is 14.3 Å². The molecule has 1 amide bonds. The van der Waals surface area contributed by atoms with Gasteiger partial charge in [-0.1, -0.05) is 24.3 Å². The van der Waals surface area contributed by atoms with Crippen LogP contribution in [0, 0.1) is 0 Å². The number of morpholine rings is 1. The molecular weight excluding hydrogens is 448 g/mol. The number of aliphatic hydroxyl groups is 1. The van der Waals surface area contributed by atoms with Crippen molar-refractivity contribution < 1.29 is 28.9 Å². The van der Waals surface area contributed by atoms with E-state index >= 15 is 0 Å². The van der Waals surface area contributed by atoms with Crippen molar-refractivity contribution in [3.8, 4) is 11.5 Å². The van der Waals surface area contributed by atoms with E-state index in [0.29, 0.717) is 56.6 Å². The van der Waals surface area contributed by atoms with Crippen LogP contribution in [0.4, 0.5) is 0 Å². The lowest BCUT2D eigenvalue weighted by Gasteiger charge is -2.31. The van der Waals surface area contributed by atoms with Gasteiger partial charge < -0.3 is 24.2 Å². The predicted molar refractivity (Wildman–Crippen MR) is 131 cm³/mol. The summed E-state index contributed by atoms with van der Waals surface area (Å²) < 4.78 is 16.5. The molecule has 4 rings (SSSR count). The number of hydrogen-bond acceptors (Lipinski definition) is 7. The van der Waals surface area contributed by atoms with Gasteiger partial charge in [-0.15, -0.1) is 0 Å². The van der Waals surface area contributed by atoms with E-state index in [1.807, 2.05) is 38.1 Å². The fourth-order valence-corrected chi connectivity index (χ4v) is 4.50. The van der Waals surface area contributed by atoms with Crippen LogP contribution in [0.3, 0.4) is 0 Å². The smallest absolute Gasteiger partial charge is 0.295 e. The van der Waals surface area contributed by atoms with Gasteiger partial charge in [0.05, 0.1) is 38.0 Å². The van der Waals surface area contributed by atoms with Crippen molar-refractivity contribution in [1.29, 1.82) is 0 Å². The maximum Gasteiger partial charge on any atom is 0.295 e. The Kier molecular flexibility index (Phi) is 8.05. The summed E-state index contributed by atoms with van der Waals surface area (Å²) in [6, 6.07) is 13.5. The molecule has 2 aromatic rings. The number of aliphatic hydroxyl groups excluding tert-OH is 1. The Morgan fingerprint density at radius 3 is 2.34 bits per heavy atom. The number of carbonyl (C=O) groups is 2. The number of nitrogens with zero attached hydrogens (tertiary/aromatic N) is 2. The molecule has 0 radical (unpaired) electrons. The normalized spacial score (nSPS) is 20.3. The molecule has 1 N–H and O–H groups in total. The third-order valence-corrected chi connectivity index (χ3v) is 6.23. The largest absolute Gasteiger partial charge is 0.507 e. The second kappa shape index (κ2) is 11.4.